The highest BCUT2D eigenvalue weighted by Gasteiger charge is 2.51. The molecule has 37 heavy (non-hydrogen) atoms. The Kier molecular flexibility index (Phi) is 6.74. The summed E-state index contributed by atoms with van der Waals surface area (Å²) < 4.78 is 26.4. The van der Waals surface area contributed by atoms with Gasteiger partial charge in [-0.3, -0.25) is 29.5 Å². The van der Waals surface area contributed by atoms with Crippen molar-refractivity contribution in [2.45, 2.75) is 64.3 Å². The molecular formula is C27H30FN3O6. The molecule has 0 aliphatic carbocycles. The van der Waals surface area contributed by atoms with Gasteiger partial charge in [-0.2, -0.15) is 0 Å². The SMILES string of the molecule is CC1CN(Cc2ccc(F)c(COc3cccc4c3CN([C@@]3(O)CCC(=O)NC3=O)C4=O)c2)CC(C)O1. The molecular weight excluding hydrogens is 481 g/mol. The number of ether oxygens (including phenoxy) is 2. The first-order chi connectivity index (χ1) is 17.6. The number of amides is 3. The van der Waals surface area contributed by atoms with Gasteiger partial charge >= 0.3 is 0 Å². The van der Waals surface area contributed by atoms with Crippen LogP contribution in [0.4, 0.5) is 4.39 Å². The van der Waals surface area contributed by atoms with Crippen molar-refractivity contribution in [1.82, 2.24) is 15.1 Å². The number of morpholine rings is 1. The first-order valence-electron chi connectivity index (χ1n) is 12.4. The number of aliphatic hydroxyl groups is 1. The summed E-state index contributed by atoms with van der Waals surface area (Å²) in [5.74, 6) is -1.98. The van der Waals surface area contributed by atoms with Crippen LogP contribution in [0.25, 0.3) is 0 Å². The summed E-state index contributed by atoms with van der Waals surface area (Å²) in [6.07, 6.45) is -0.00372. The van der Waals surface area contributed by atoms with Crippen molar-refractivity contribution in [3.63, 3.8) is 0 Å². The van der Waals surface area contributed by atoms with Crippen LogP contribution < -0.4 is 10.1 Å². The molecule has 3 amide bonds. The molecule has 0 radical (unpaired) electrons. The first kappa shape index (κ1) is 25.3. The molecule has 9 nitrogen and oxygen atoms in total. The highest BCUT2D eigenvalue weighted by atomic mass is 19.1. The quantitative estimate of drug-likeness (QED) is 0.572. The second-order valence-corrected chi connectivity index (χ2v) is 10.0. The number of carbonyl (C=O) groups excluding carboxylic acids is 3. The number of hydrogen-bond donors (Lipinski definition) is 2. The number of fused-ring (bicyclic) bond motifs is 1. The Morgan fingerprint density at radius 3 is 2.65 bits per heavy atom. The smallest absolute Gasteiger partial charge is 0.279 e. The standard InChI is InChI=1S/C27H30FN3O6/c1-16-11-30(12-17(2)37-16)13-18-6-7-22(28)19(10-18)15-36-23-5-3-4-20-21(23)14-31(25(20)33)27(35)9-8-24(32)29-26(27)34/h3-7,10,16-17,35H,8-9,11-15H2,1-2H3,(H,29,32,34)/t16?,17?,27-/m1/s1. The van der Waals surface area contributed by atoms with Crippen molar-refractivity contribution >= 4 is 17.7 Å². The van der Waals surface area contributed by atoms with Crippen LogP contribution in [0.2, 0.25) is 0 Å². The van der Waals surface area contributed by atoms with Gasteiger partial charge in [0.05, 0.1) is 18.8 Å². The van der Waals surface area contributed by atoms with E-state index in [2.05, 4.69) is 10.2 Å². The van der Waals surface area contributed by atoms with Crippen LogP contribution in [0.1, 0.15) is 53.7 Å². The fourth-order valence-corrected chi connectivity index (χ4v) is 5.35. The summed E-state index contributed by atoms with van der Waals surface area (Å²) in [6, 6.07) is 9.87. The number of rotatable bonds is 6. The Morgan fingerprint density at radius 2 is 1.92 bits per heavy atom. The van der Waals surface area contributed by atoms with Crippen LogP contribution in [0.5, 0.6) is 5.75 Å². The third-order valence-electron chi connectivity index (χ3n) is 7.08. The molecule has 2 saturated heterocycles. The van der Waals surface area contributed by atoms with E-state index in [0.717, 1.165) is 23.6 Å². The molecule has 5 rings (SSSR count). The average Bonchev–Trinajstić information content (AvgIpc) is 3.19. The molecule has 2 aromatic carbocycles. The van der Waals surface area contributed by atoms with E-state index < -0.39 is 29.3 Å². The molecule has 3 heterocycles. The Hall–Kier alpha value is -3.34. The molecule has 2 unspecified atom stereocenters. The van der Waals surface area contributed by atoms with E-state index in [1.807, 2.05) is 13.8 Å². The minimum atomic E-state index is -2.13. The monoisotopic (exact) mass is 511 g/mol. The number of carbonyl (C=O) groups is 3. The normalized spacial score (nSPS) is 26.3. The Bertz CT molecular complexity index is 1240. The Labute approximate surface area is 214 Å². The fraction of sp³-hybridized carbons (Fsp3) is 0.444. The lowest BCUT2D eigenvalue weighted by atomic mass is 10.00. The third-order valence-corrected chi connectivity index (χ3v) is 7.08. The summed E-state index contributed by atoms with van der Waals surface area (Å²) in [5, 5.41) is 13.1. The van der Waals surface area contributed by atoms with Crippen molar-refractivity contribution in [3.8, 4) is 5.75 Å². The zero-order chi connectivity index (χ0) is 26.3. The van der Waals surface area contributed by atoms with E-state index in [4.69, 9.17) is 9.47 Å². The maximum Gasteiger partial charge on any atom is 0.279 e. The van der Waals surface area contributed by atoms with Gasteiger partial charge in [0.15, 0.2) is 0 Å². The van der Waals surface area contributed by atoms with Gasteiger partial charge in [0.2, 0.25) is 11.6 Å². The van der Waals surface area contributed by atoms with Gasteiger partial charge in [-0.15, -0.1) is 0 Å². The van der Waals surface area contributed by atoms with Crippen LogP contribution >= 0.6 is 0 Å². The summed E-state index contributed by atoms with van der Waals surface area (Å²) >= 11 is 0. The Balaban J connectivity index is 1.31. The summed E-state index contributed by atoms with van der Waals surface area (Å²) in [4.78, 5) is 40.3. The van der Waals surface area contributed by atoms with Gasteiger partial charge in [-0.1, -0.05) is 12.1 Å². The number of piperidine rings is 1. The summed E-state index contributed by atoms with van der Waals surface area (Å²) in [7, 11) is 0. The average molecular weight is 512 g/mol. The number of nitrogens with zero attached hydrogens (tertiary/aromatic N) is 2. The van der Waals surface area contributed by atoms with E-state index in [9.17, 15) is 23.9 Å². The molecule has 196 valence electrons. The lowest BCUT2D eigenvalue weighted by Crippen LogP contribution is -2.63. The predicted octanol–water partition coefficient (Wildman–Crippen LogP) is 2.09. The van der Waals surface area contributed by atoms with Crippen molar-refractivity contribution in [3.05, 3.63) is 64.5 Å². The van der Waals surface area contributed by atoms with Gasteiger partial charge in [0.25, 0.3) is 11.8 Å². The topological polar surface area (TPSA) is 108 Å². The van der Waals surface area contributed by atoms with Crippen molar-refractivity contribution in [2.75, 3.05) is 13.1 Å². The molecule has 2 N–H and O–H groups in total. The molecule has 0 aromatic heterocycles. The van der Waals surface area contributed by atoms with E-state index in [-0.39, 0.29) is 38.2 Å². The van der Waals surface area contributed by atoms with Crippen molar-refractivity contribution < 1.29 is 33.4 Å². The fourth-order valence-electron chi connectivity index (χ4n) is 5.35. The number of halogens is 1. The van der Waals surface area contributed by atoms with Crippen LogP contribution in [-0.4, -0.2) is 63.7 Å². The number of nitrogens with one attached hydrogen (secondary N) is 1. The number of imide groups is 1. The molecule has 3 atom stereocenters. The van der Waals surface area contributed by atoms with Gasteiger partial charge < -0.3 is 14.6 Å². The molecule has 0 saturated carbocycles. The predicted molar refractivity (Wildman–Crippen MR) is 130 cm³/mol. The number of hydrogen-bond acceptors (Lipinski definition) is 7. The van der Waals surface area contributed by atoms with Crippen molar-refractivity contribution in [1.29, 1.82) is 0 Å². The van der Waals surface area contributed by atoms with E-state index in [1.165, 1.54) is 6.07 Å². The van der Waals surface area contributed by atoms with Crippen LogP contribution in [0, 0.1) is 5.82 Å². The molecule has 2 aromatic rings. The van der Waals surface area contributed by atoms with Gasteiger partial charge in [0, 0.05) is 49.2 Å². The molecule has 0 bridgehead atoms. The molecule has 3 aliphatic rings. The number of benzene rings is 2. The minimum Gasteiger partial charge on any atom is -0.488 e. The molecule has 3 aliphatic heterocycles. The zero-order valence-electron chi connectivity index (χ0n) is 20.8. The highest BCUT2D eigenvalue weighted by Crippen LogP contribution is 2.37. The van der Waals surface area contributed by atoms with Crippen LogP contribution in [-0.2, 0) is 34.0 Å². The largest absolute Gasteiger partial charge is 0.488 e. The van der Waals surface area contributed by atoms with Crippen LogP contribution in [0.15, 0.2) is 36.4 Å². The maximum atomic E-state index is 14.7. The van der Waals surface area contributed by atoms with Gasteiger partial charge in [-0.25, -0.2) is 4.39 Å². The molecule has 10 heteroatoms. The lowest BCUT2D eigenvalue weighted by Gasteiger charge is -2.37. The van der Waals surface area contributed by atoms with Crippen molar-refractivity contribution in [2.24, 2.45) is 0 Å². The highest BCUT2D eigenvalue weighted by molar-refractivity contribution is 6.06. The first-order valence-corrected chi connectivity index (χ1v) is 12.4. The van der Waals surface area contributed by atoms with Crippen LogP contribution in [0.3, 0.4) is 0 Å². The second kappa shape index (κ2) is 9.85. The van der Waals surface area contributed by atoms with Gasteiger partial charge in [-0.05, 0) is 43.7 Å². The lowest BCUT2D eigenvalue weighted by molar-refractivity contribution is -0.168. The molecule has 0 spiro atoms. The van der Waals surface area contributed by atoms with E-state index >= 15 is 0 Å². The second-order valence-electron chi connectivity index (χ2n) is 10.0. The Morgan fingerprint density at radius 1 is 1.16 bits per heavy atom. The molecule has 2 fully saturated rings. The van der Waals surface area contributed by atoms with E-state index in [0.29, 0.717) is 29.0 Å². The zero-order valence-corrected chi connectivity index (χ0v) is 20.8. The minimum absolute atomic E-state index is 0.0561. The van der Waals surface area contributed by atoms with Gasteiger partial charge in [0.1, 0.15) is 18.2 Å². The van der Waals surface area contributed by atoms with E-state index in [1.54, 1.807) is 30.3 Å². The summed E-state index contributed by atoms with van der Waals surface area (Å²) in [5.41, 5.74) is 0.00489. The summed E-state index contributed by atoms with van der Waals surface area (Å²) in [6.45, 7) is 6.21. The maximum absolute atomic E-state index is 14.7. The third kappa shape index (κ3) is 4.96.